The van der Waals surface area contributed by atoms with Gasteiger partial charge in [-0.25, -0.2) is 0 Å². The average Bonchev–Trinajstić information content (AvgIpc) is 3.09. The third-order valence-electron chi connectivity index (χ3n) is 5.80. The lowest BCUT2D eigenvalue weighted by atomic mass is 9.80. The number of carbonyl (C=O) groups is 1. The molecule has 150 valence electrons. The molecule has 2 aliphatic rings. The second-order valence-electron chi connectivity index (χ2n) is 7.86. The third kappa shape index (κ3) is 3.77. The van der Waals surface area contributed by atoms with Gasteiger partial charge in [-0.3, -0.25) is 4.79 Å². The van der Waals surface area contributed by atoms with Crippen LogP contribution in [0.15, 0.2) is 28.8 Å². The number of halogens is 3. The second-order valence-corrected chi connectivity index (χ2v) is 7.86. The molecule has 1 aliphatic heterocycles. The second kappa shape index (κ2) is 7.22. The Morgan fingerprint density at radius 3 is 2.54 bits per heavy atom. The Labute approximate surface area is 160 Å². The van der Waals surface area contributed by atoms with Gasteiger partial charge < -0.3 is 9.42 Å². The number of nitrogens with zero attached hydrogens (tertiary/aromatic N) is 3. The molecule has 0 radical (unpaired) electrons. The molecule has 1 amide bonds. The highest BCUT2D eigenvalue weighted by Crippen LogP contribution is 2.41. The van der Waals surface area contributed by atoms with Crippen LogP contribution in [0.5, 0.6) is 0 Å². The first-order valence-corrected chi connectivity index (χ1v) is 9.57. The molecule has 5 nitrogen and oxygen atoms in total. The van der Waals surface area contributed by atoms with E-state index < -0.39 is 12.1 Å². The highest BCUT2D eigenvalue weighted by molar-refractivity contribution is 5.80. The van der Waals surface area contributed by atoms with E-state index in [-0.39, 0.29) is 30.6 Å². The summed E-state index contributed by atoms with van der Waals surface area (Å²) in [5, 5.41) is 4.03. The molecule has 2 fully saturated rings. The van der Waals surface area contributed by atoms with Gasteiger partial charge in [0, 0.05) is 24.6 Å². The molecule has 0 unspecified atom stereocenters. The Bertz CT molecular complexity index is 850. The molecule has 1 aromatic carbocycles. The summed E-state index contributed by atoms with van der Waals surface area (Å²) in [6.45, 7) is 2.95. The minimum atomic E-state index is -4.15. The van der Waals surface area contributed by atoms with Gasteiger partial charge in [-0.05, 0) is 38.7 Å². The first-order chi connectivity index (χ1) is 13.3. The molecule has 2 aromatic rings. The Kier molecular flexibility index (Phi) is 4.89. The number of amides is 1. The van der Waals surface area contributed by atoms with Crippen LogP contribution in [0.2, 0.25) is 0 Å². The van der Waals surface area contributed by atoms with E-state index in [0.717, 1.165) is 11.1 Å². The van der Waals surface area contributed by atoms with E-state index in [1.165, 1.54) is 0 Å². The van der Waals surface area contributed by atoms with Crippen LogP contribution in [0.25, 0.3) is 11.4 Å². The molecule has 1 aliphatic carbocycles. The van der Waals surface area contributed by atoms with Crippen LogP contribution in [-0.4, -0.2) is 40.2 Å². The van der Waals surface area contributed by atoms with Crippen LogP contribution in [-0.2, 0) is 4.79 Å². The molecule has 0 bridgehead atoms. The lowest BCUT2D eigenvalue weighted by Gasteiger charge is -2.40. The number of aryl methyl sites for hydroxylation is 1. The van der Waals surface area contributed by atoms with E-state index in [9.17, 15) is 18.0 Å². The van der Waals surface area contributed by atoms with Gasteiger partial charge in [-0.15, -0.1) is 0 Å². The predicted molar refractivity (Wildman–Crippen MR) is 95.3 cm³/mol. The van der Waals surface area contributed by atoms with Crippen molar-refractivity contribution < 1.29 is 22.5 Å². The van der Waals surface area contributed by atoms with Gasteiger partial charge in [0.15, 0.2) is 0 Å². The first-order valence-electron chi connectivity index (χ1n) is 9.57. The van der Waals surface area contributed by atoms with Crippen LogP contribution in [0.1, 0.15) is 43.1 Å². The van der Waals surface area contributed by atoms with Crippen molar-refractivity contribution in [1.82, 2.24) is 15.0 Å². The van der Waals surface area contributed by atoms with Crippen LogP contribution in [0.4, 0.5) is 13.2 Å². The molecular formula is C20H22F3N3O2. The summed E-state index contributed by atoms with van der Waals surface area (Å²) in [4.78, 5) is 18.7. The monoisotopic (exact) mass is 393 g/mol. The molecule has 0 atom stereocenters. The van der Waals surface area contributed by atoms with Gasteiger partial charge in [0.2, 0.25) is 17.6 Å². The van der Waals surface area contributed by atoms with Crippen LogP contribution >= 0.6 is 0 Å². The number of likely N-dealkylation sites (tertiary alicyclic amines) is 1. The summed E-state index contributed by atoms with van der Waals surface area (Å²) in [6.07, 6.45) is -3.45. The van der Waals surface area contributed by atoms with E-state index in [1.54, 1.807) is 4.90 Å². The number of rotatable bonds is 3. The Hall–Kier alpha value is -2.38. The molecule has 1 aromatic heterocycles. The molecule has 1 saturated heterocycles. The predicted octanol–water partition coefficient (Wildman–Crippen LogP) is 4.34. The number of alkyl halides is 3. The van der Waals surface area contributed by atoms with Crippen molar-refractivity contribution in [3.8, 4) is 11.4 Å². The SMILES string of the molecule is Cc1cccc(-c2noc(C3CN(C(=O)C4CCC(C(F)(F)F)CC4)C3)n2)c1. The molecule has 8 heteroatoms. The van der Waals surface area contributed by atoms with Crippen molar-refractivity contribution in [2.75, 3.05) is 13.1 Å². The number of benzene rings is 1. The van der Waals surface area contributed by atoms with Crippen molar-refractivity contribution in [2.24, 2.45) is 11.8 Å². The van der Waals surface area contributed by atoms with Gasteiger partial charge in [-0.1, -0.05) is 28.9 Å². The lowest BCUT2D eigenvalue weighted by Crippen LogP contribution is -2.51. The van der Waals surface area contributed by atoms with Gasteiger partial charge in [0.05, 0.1) is 11.8 Å². The smallest absolute Gasteiger partial charge is 0.341 e. The molecule has 0 spiro atoms. The zero-order valence-electron chi connectivity index (χ0n) is 15.6. The van der Waals surface area contributed by atoms with Crippen molar-refractivity contribution in [2.45, 2.75) is 44.7 Å². The zero-order valence-corrected chi connectivity index (χ0v) is 15.6. The third-order valence-corrected chi connectivity index (χ3v) is 5.80. The highest BCUT2D eigenvalue weighted by atomic mass is 19.4. The van der Waals surface area contributed by atoms with Gasteiger partial charge in [0.1, 0.15) is 0 Å². The van der Waals surface area contributed by atoms with E-state index in [1.807, 2.05) is 31.2 Å². The van der Waals surface area contributed by atoms with Gasteiger partial charge in [0.25, 0.3) is 0 Å². The van der Waals surface area contributed by atoms with Gasteiger partial charge in [-0.2, -0.15) is 18.2 Å². The summed E-state index contributed by atoms with van der Waals surface area (Å²) in [5.74, 6) is -0.601. The molecular weight excluding hydrogens is 371 g/mol. The summed E-state index contributed by atoms with van der Waals surface area (Å²) in [5.41, 5.74) is 1.98. The number of aromatic nitrogens is 2. The van der Waals surface area contributed by atoms with E-state index >= 15 is 0 Å². The number of carbonyl (C=O) groups excluding carboxylic acids is 1. The van der Waals surface area contributed by atoms with Crippen molar-refractivity contribution in [3.63, 3.8) is 0 Å². The molecule has 0 N–H and O–H groups in total. The lowest BCUT2D eigenvalue weighted by molar-refractivity contribution is -0.185. The van der Waals surface area contributed by atoms with E-state index in [0.29, 0.717) is 37.6 Å². The first kappa shape index (κ1) is 19.0. The summed E-state index contributed by atoms with van der Waals surface area (Å²) in [7, 11) is 0. The number of hydrogen-bond donors (Lipinski definition) is 0. The Morgan fingerprint density at radius 2 is 1.89 bits per heavy atom. The zero-order chi connectivity index (χ0) is 19.9. The molecule has 28 heavy (non-hydrogen) atoms. The highest BCUT2D eigenvalue weighted by Gasteiger charge is 2.44. The maximum Gasteiger partial charge on any atom is 0.391 e. The maximum absolute atomic E-state index is 12.8. The quantitative estimate of drug-likeness (QED) is 0.778. The minimum Gasteiger partial charge on any atom is -0.341 e. The molecule has 2 heterocycles. The largest absolute Gasteiger partial charge is 0.391 e. The van der Waals surface area contributed by atoms with Gasteiger partial charge >= 0.3 is 6.18 Å². The van der Waals surface area contributed by atoms with E-state index in [2.05, 4.69) is 10.1 Å². The number of hydrogen-bond acceptors (Lipinski definition) is 4. The van der Waals surface area contributed by atoms with Crippen LogP contribution in [0, 0.1) is 18.8 Å². The standard InChI is InChI=1S/C20H22F3N3O2/c1-12-3-2-4-14(9-12)17-24-18(28-25-17)15-10-26(11-15)19(27)13-5-7-16(8-6-13)20(21,22)23/h2-4,9,13,15-16H,5-8,10-11H2,1H3. The van der Waals surface area contributed by atoms with Crippen molar-refractivity contribution in [1.29, 1.82) is 0 Å². The summed E-state index contributed by atoms with van der Waals surface area (Å²) >= 11 is 0. The van der Waals surface area contributed by atoms with Crippen molar-refractivity contribution >= 4 is 5.91 Å². The molecule has 4 rings (SSSR count). The topological polar surface area (TPSA) is 59.2 Å². The normalized spacial score (nSPS) is 23.5. The van der Waals surface area contributed by atoms with Crippen molar-refractivity contribution in [3.05, 3.63) is 35.7 Å². The molecule has 1 saturated carbocycles. The maximum atomic E-state index is 12.8. The fourth-order valence-electron chi connectivity index (χ4n) is 4.04. The Morgan fingerprint density at radius 1 is 1.18 bits per heavy atom. The van der Waals surface area contributed by atoms with Crippen LogP contribution < -0.4 is 0 Å². The summed E-state index contributed by atoms with van der Waals surface area (Å²) in [6, 6.07) is 7.80. The summed E-state index contributed by atoms with van der Waals surface area (Å²) < 4.78 is 43.7. The average molecular weight is 393 g/mol. The van der Waals surface area contributed by atoms with Crippen LogP contribution in [0.3, 0.4) is 0 Å². The fourth-order valence-corrected chi connectivity index (χ4v) is 4.04. The van der Waals surface area contributed by atoms with E-state index in [4.69, 9.17) is 4.52 Å². The fraction of sp³-hybridized carbons (Fsp3) is 0.550. The Balaban J connectivity index is 1.31. The minimum absolute atomic E-state index is 0.0125.